The quantitative estimate of drug-likeness (QED) is 0.554. The number of hydrogen-bond acceptors (Lipinski definition) is 4. The van der Waals surface area contributed by atoms with Crippen LogP contribution in [-0.4, -0.2) is 37.1 Å². The van der Waals surface area contributed by atoms with Crippen LogP contribution in [-0.2, 0) is 11.2 Å². The number of benzene rings is 2. The van der Waals surface area contributed by atoms with Crippen LogP contribution in [0.3, 0.4) is 0 Å². The number of methoxy groups -OCH3 is 1. The summed E-state index contributed by atoms with van der Waals surface area (Å²) in [6.45, 7) is 3.79. The van der Waals surface area contributed by atoms with Gasteiger partial charge in [0.15, 0.2) is 6.04 Å². The van der Waals surface area contributed by atoms with E-state index in [0.29, 0.717) is 17.4 Å². The Bertz CT molecular complexity index is 848. The van der Waals surface area contributed by atoms with E-state index in [2.05, 4.69) is 29.6 Å². The van der Waals surface area contributed by atoms with Gasteiger partial charge in [-0.25, -0.2) is 0 Å². The lowest BCUT2D eigenvalue weighted by atomic mass is 9.89. The molecule has 0 aliphatic carbocycles. The molecular formula is C22H28N3O4+. The summed E-state index contributed by atoms with van der Waals surface area (Å²) < 4.78 is 5.23. The van der Waals surface area contributed by atoms with Crippen LogP contribution in [0.2, 0.25) is 0 Å². The van der Waals surface area contributed by atoms with Gasteiger partial charge in [0.25, 0.3) is 11.6 Å². The second kappa shape index (κ2) is 9.52. The first kappa shape index (κ1) is 20.8. The first-order valence-electron chi connectivity index (χ1n) is 9.99. The van der Waals surface area contributed by atoms with E-state index in [1.54, 1.807) is 0 Å². The fourth-order valence-electron chi connectivity index (χ4n) is 3.97. The van der Waals surface area contributed by atoms with Crippen LogP contribution < -0.4 is 15.0 Å². The number of ether oxygens (including phenoxy) is 1. The Labute approximate surface area is 170 Å². The van der Waals surface area contributed by atoms with E-state index in [0.717, 1.165) is 32.4 Å². The number of nitro groups is 1. The van der Waals surface area contributed by atoms with Crippen LogP contribution in [0.15, 0.2) is 48.5 Å². The number of anilines is 1. The van der Waals surface area contributed by atoms with E-state index in [-0.39, 0.29) is 17.6 Å². The number of hydrogen-bond donors (Lipinski definition) is 2. The van der Waals surface area contributed by atoms with Crippen molar-refractivity contribution in [2.45, 2.75) is 32.2 Å². The third-order valence-corrected chi connectivity index (χ3v) is 5.77. The summed E-state index contributed by atoms with van der Waals surface area (Å²) in [6, 6.07) is 14.5. The van der Waals surface area contributed by atoms with Gasteiger partial charge in [0.05, 0.1) is 30.8 Å². The van der Waals surface area contributed by atoms with Gasteiger partial charge in [0, 0.05) is 12.1 Å². The average molecular weight is 398 g/mol. The maximum absolute atomic E-state index is 12.8. The molecule has 1 fully saturated rings. The van der Waals surface area contributed by atoms with E-state index in [1.165, 1.54) is 35.8 Å². The van der Waals surface area contributed by atoms with Crippen molar-refractivity contribution >= 4 is 17.3 Å². The summed E-state index contributed by atoms with van der Waals surface area (Å²) in [7, 11) is 1.48. The zero-order valence-electron chi connectivity index (χ0n) is 16.9. The van der Waals surface area contributed by atoms with Crippen molar-refractivity contribution in [1.82, 2.24) is 0 Å². The molecule has 0 spiro atoms. The lowest BCUT2D eigenvalue weighted by Gasteiger charge is -2.32. The molecule has 0 radical (unpaired) electrons. The molecule has 1 saturated heterocycles. The zero-order chi connectivity index (χ0) is 20.8. The minimum atomic E-state index is -0.485. The van der Waals surface area contributed by atoms with Crippen molar-refractivity contribution in [2.75, 3.05) is 25.5 Å². The third kappa shape index (κ3) is 5.32. The van der Waals surface area contributed by atoms with Gasteiger partial charge in [-0.1, -0.05) is 30.3 Å². The monoisotopic (exact) mass is 398 g/mol. The molecule has 1 heterocycles. The molecule has 7 nitrogen and oxygen atoms in total. The summed E-state index contributed by atoms with van der Waals surface area (Å²) in [6.07, 6.45) is 3.25. The van der Waals surface area contributed by atoms with Gasteiger partial charge in [-0.15, -0.1) is 0 Å². The summed E-state index contributed by atoms with van der Waals surface area (Å²) in [4.78, 5) is 24.6. The van der Waals surface area contributed by atoms with Gasteiger partial charge < -0.3 is 15.0 Å². The molecule has 0 bridgehead atoms. The summed E-state index contributed by atoms with van der Waals surface area (Å²) in [5.74, 6) is 0.904. The van der Waals surface area contributed by atoms with Crippen LogP contribution in [0.1, 0.15) is 25.3 Å². The van der Waals surface area contributed by atoms with Crippen molar-refractivity contribution in [3.05, 3.63) is 64.2 Å². The normalized spacial score (nSPS) is 19.9. The fourth-order valence-corrected chi connectivity index (χ4v) is 3.97. The molecular weight excluding hydrogens is 370 g/mol. The molecule has 2 N–H and O–H groups in total. The number of carbonyl (C=O) groups excluding carboxylic acids is 1. The number of nitro benzene ring substituents is 1. The number of nitrogens with one attached hydrogen (secondary N) is 2. The van der Waals surface area contributed by atoms with Crippen LogP contribution >= 0.6 is 0 Å². The number of likely N-dealkylation sites (tertiary alicyclic amines) is 1. The highest BCUT2D eigenvalue weighted by Gasteiger charge is 2.30. The predicted molar refractivity (Wildman–Crippen MR) is 111 cm³/mol. The number of piperidine rings is 1. The summed E-state index contributed by atoms with van der Waals surface area (Å²) >= 11 is 0. The first-order valence-corrected chi connectivity index (χ1v) is 9.99. The van der Waals surface area contributed by atoms with Crippen molar-refractivity contribution in [3.63, 3.8) is 0 Å². The Hall–Kier alpha value is -2.93. The van der Waals surface area contributed by atoms with Gasteiger partial charge in [-0.2, -0.15) is 0 Å². The molecule has 1 aliphatic heterocycles. The highest BCUT2D eigenvalue weighted by Crippen LogP contribution is 2.29. The summed E-state index contributed by atoms with van der Waals surface area (Å²) in [5, 5.41) is 13.8. The van der Waals surface area contributed by atoms with E-state index in [1.807, 2.05) is 13.0 Å². The maximum Gasteiger partial charge on any atom is 0.282 e. The first-order chi connectivity index (χ1) is 14.0. The molecule has 2 aromatic carbocycles. The summed E-state index contributed by atoms with van der Waals surface area (Å²) in [5.41, 5.74) is 1.62. The minimum absolute atomic E-state index is 0.0807. The lowest BCUT2D eigenvalue weighted by Crippen LogP contribution is -3.17. The smallest absolute Gasteiger partial charge is 0.282 e. The van der Waals surface area contributed by atoms with E-state index < -0.39 is 4.92 Å². The van der Waals surface area contributed by atoms with E-state index in [9.17, 15) is 14.9 Å². The molecule has 1 atom stereocenters. The molecule has 2 aromatic rings. The average Bonchev–Trinajstić information content (AvgIpc) is 2.74. The lowest BCUT2D eigenvalue weighted by molar-refractivity contribution is -0.919. The largest absolute Gasteiger partial charge is 0.495 e. The van der Waals surface area contributed by atoms with Gasteiger partial charge in [-0.3, -0.25) is 14.9 Å². The van der Waals surface area contributed by atoms with Crippen LogP contribution in [0.5, 0.6) is 5.75 Å². The molecule has 0 unspecified atom stereocenters. The maximum atomic E-state index is 12.8. The van der Waals surface area contributed by atoms with E-state index >= 15 is 0 Å². The van der Waals surface area contributed by atoms with Crippen LogP contribution in [0, 0.1) is 16.0 Å². The zero-order valence-corrected chi connectivity index (χ0v) is 16.9. The molecule has 0 saturated carbocycles. The van der Waals surface area contributed by atoms with Crippen molar-refractivity contribution in [2.24, 2.45) is 5.92 Å². The fraction of sp³-hybridized carbons (Fsp3) is 0.409. The molecule has 1 aliphatic rings. The number of nitrogens with zero attached hydrogens (tertiary/aromatic N) is 1. The van der Waals surface area contributed by atoms with Gasteiger partial charge in [-0.05, 0) is 43.7 Å². The Morgan fingerprint density at radius 3 is 2.55 bits per heavy atom. The number of non-ortho nitro benzene ring substituents is 1. The third-order valence-electron chi connectivity index (χ3n) is 5.77. The molecule has 1 amide bonds. The number of amides is 1. The molecule has 3 rings (SSSR count). The van der Waals surface area contributed by atoms with Crippen molar-refractivity contribution in [3.8, 4) is 5.75 Å². The van der Waals surface area contributed by atoms with Gasteiger partial charge in [0.2, 0.25) is 0 Å². The highest BCUT2D eigenvalue weighted by molar-refractivity contribution is 5.95. The minimum Gasteiger partial charge on any atom is -0.495 e. The molecule has 0 aromatic heterocycles. The Morgan fingerprint density at radius 1 is 1.24 bits per heavy atom. The molecule has 29 heavy (non-hydrogen) atoms. The second-order valence-corrected chi connectivity index (χ2v) is 7.64. The van der Waals surface area contributed by atoms with Crippen molar-refractivity contribution < 1.29 is 19.4 Å². The number of quaternary nitrogens is 1. The van der Waals surface area contributed by atoms with E-state index in [4.69, 9.17) is 4.74 Å². The SMILES string of the molecule is COc1ccc([N+](=O)[O-])cc1NC(=O)[C@@H](C)[NH+]1CCC(Cc2ccccc2)CC1. The number of rotatable bonds is 7. The molecule has 7 heteroatoms. The Kier molecular flexibility index (Phi) is 6.82. The van der Waals surface area contributed by atoms with Gasteiger partial charge >= 0.3 is 0 Å². The predicted octanol–water partition coefficient (Wildman–Crippen LogP) is 2.47. The Balaban J connectivity index is 1.57. The second-order valence-electron chi connectivity index (χ2n) is 7.64. The van der Waals surface area contributed by atoms with Gasteiger partial charge in [0.1, 0.15) is 5.75 Å². The topological polar surface area (TPSA) is 85.9 Å². The number of carbonyl (C=O) groups is 1. The standard InChI is InChI=1S/C22H27N3O4/c1-16(22(26)23-20-15-19(25(27)28)8-9-21(20)29-2)24-12-10-18(11-13-24)14-17-6-4-3-5-7-17/h3-9,15-16,18H,10-14H2,1-2H3,(H,23,26)/p+1/t16-/m1/s1. The van der Waals surface area contributed by atoms with Crippen LogP contribution in [0.25, 0.3) is 0 Å². The van der Waals surface area contributed by atoms with Crippen molar-refractivity contribution in [1.29, 1.82) is 0 Å². The van der Waals surface area contributed by atoms with Crippen LogP contribution in [0.4, 0.5) is 11.4 Å². The highest BCUT2D eigenvalue weighted by atomic mass is 16.6. The molecule has 154 valence electrons. The Morgan fingerprint density at radius 2 is 1.93 bits per heavy atom.